The predicted octanol–water partition coefficient (Wildman–Crippen LogP) is 4.95. The Bertz CT molecular complexity index is 1080. The van der Waals surface area contributed by atoms with Crippen molar-refractivity contribution in [3.63, 3.8) is 0 Å². The molecule has 2 amide bonds. The summed E-state index contributed by atoms with van der Waals surface area (Å²) >= 11 is 1.20. The van der Waals surface area contributed by atoms with Gasteiger partial charge in [-0.3, -0.25) is 14.5 Å². The summed E-state index contributed by atoms with van der Waals surface area (Å²) in [6.07, 6.45) is 3.00. The molecule has 1 aromatic heterocycles. The molecule has 0 bridgehead atoms. The Labute approximate surface area is 172 Å². The highest BCUT2D eigenvalue weighted by molar-refractivity contribution is 7.14. The van der Waals surface area contributed by atoms with E-state index < -0.39 is 5.82 Å². The molecule has 3 aromatic rings. The van der Waals surface area contributed by atoms with Gasteiger partial charge in [0, 0.05) is 31.1 Å². The predicted molar refractivity (Wildman–Crippen MR) is 115 cm³/mol. The number of likely N-dealkylation sites (N-methyl/N-ethyl adjacent to an activating group) is 1. The van der Waals surface area contributed by atoms with Crippen molar-refractivity contribution in [2.45, 2.75) is 13.8 Å². The summed E-state index contributed by atoms with van der Waals surface area (Å²) in [7, 11) is 1.70. The second kappa shape index (κ2) is 8.79. The number of hydrogen-bond acceptors (Lipinski definition) is 4. The monoisotopic (exact) mass is 409 g/mol. The summed E-state index contributed by atoms with van der Waals surface area (Å²) in [5.74, 6) is -1.07. The van der Waals surface area contributed by atoms with E-state index >= 15 is 0 Å². The number of halogens is 1. The van der Waals surface area contributed by atoms with E-state index in [1.165, 1.54) is 46.3 Å². The highest BCUT2D eigenvalue weighted by Gasteiger charge is 2.20. The van der Waals surface area contributed by atoms with Crippen LogP contribution in [0.3, 0.4) is 0 Å². The van der Waals surface area contributed by atoms with E-state index in [1.807, 2.05) is 31.2 Å². The summed E-state index contributed by atoms with van der Waals surface area (Å²) in [6, 6.07) is 13.7. The van der Waals surface area contributed by atoms with Crippen LogP contribution in [-0.4, -0.2) is 23.8 Å². The van der Waals surface area contributed by atoms with Crippen molar-refractivity contribution in [3.8, 4) is 0 Å². The van der Waals surface area contributed by atoms with Crippen molar-refractivity contribution in [3.05, 3.63) is 77.1 Å². The minimum atomic E-state index is -0.509. The van der Waals surface area contributed by atoms with Crippen molar-refractivity contribution in [1.29, 1.82) is 0 Å². The van der Waals surface area contributed by atoms with Crippen LogP contribution in [0, 0.1) is 12.7 Å². The first kappa shape index (κ1) is 20.4. The Morgan fingerprint density at radius 3 is 2.59 bits per heavy atom. The molecule has 0 unspecified atom stereocenters. The lowest BCUT2D eigenvalue weighted by atomic mass is 10.2. The van der Waals surface area contributed by atoms with E-state index in [4.69, 9.17) is 0 Å². The molecule has 0 aliphatic carbocycles. The molecular weight excluding hydrogens is 389 g/mol. The zero-order valence-electron chi connectivity index (χ0n) is 16.3. The number of aryl methyl sites for hydroxylation is 1. The Balaban J connectivity index is 1.79. The maximum absolute atomic E-state index is 14.1. The van der Waals surface area contributed by atoms with Crippen molar-refractivity contribution in [2.75, 3.05) is 16.8 Å². The van der Waals surface area contributed by atoms with Gasteiger partial charge in [0.1, 0.15) is 5.82 Å². The van der Waals surface area contributed by atoms with Crippen molar-refractivity contribution >= 4 is 45.7 Å². The molecule has 0 radical (unpaired) electrons. The summed E-state index contributed by atoms with van der Waals surface area (Å²) in [6.45, 7) is 3.31. The van der Waals surface area contributed by atoms with Crippen LogP contribution >= 0.6 is 11.3 Å². The molecule has 0 fully saturated rings. The fourth-order valence-corrected chi connectivity index (χ4v) is 3.58. The zero-order valence-corrected chi connectivity index (χ0v) is 17.1. The molecule has 0 aliphatic rings. The van der Waals surface area contributed by atoms with Gasteiger partial charge in [-0.15, -0.1) is 11.3 Å². The maximum Gasteiger partial charge on any atom is 0.250 e. The van der Waals surface area contributed by atoms with Crippen molar-refractivity contribution in [1.82, 2.24) is 4.98 Å². The first-order valence-corrected chi connectivity index (χ1v) is 9.78. The number of amides is 2. The van der Waals surface area contributed by atoms with Crippen molar-refractivity contribution in [2.24, 2.45) is 0 Å². The molecule has 0 aliphatic heterocycles. The van der Waals surface area contributed by atoms with E-state index in [-0.39, 0.29) is 17.5 Å². The highest BCUT2D eigenvalue weighted by atomic mass is 32.1. The van der Waals surface area contributed by atoms with Gasteiger partial charge in [-0.2, -0.15) is 0 Å². The summed E-state index contributed by atoms with van der Waals surface area (Å²) in [5, 5.41) is 2.05. The molecule has 0 N–H and O–H groups in total. The number of para-hydroxylation sites is 1. The van der Waals surface area contributed by atoms with Crippen LogP contribution in [0.25, 0.3) is 6.08 Å². The van der Waals surface area contributed by atoms with Crippen LogP contribution < -0.4 is 9.80 Å². The van der Waals surface area contributed by atoms with Gasteiger partial charge >= 0.3 is 0 Å². The number of carbonyl (C=O) groups excluding carboxylic acids is 2. The summed E-state index contributed by atoms with van der Waals surface area (Å²) < 4.78 is 14.1. The largest absolute Gasteiger partial charge is 0.312 e. The minimum Gasteiger partial charge on any atom is -0.312 e. The van der Waals surface area contributed by atoms with Crippen molar-refractivity contribution < 1.29 is 14.0 Å². The molecule has 29 heavy (non-hydrogen) atoms. The lowest BCUT2D eigenvalue weighted by Crippen LogP contribution is -2.24. The average molecular weight is 409 g/mol. The zero-order chi connectivity index (χ0) is 21.0. The number of benzene rings is 2. The van der Waals surface area contributed by atoms with Crippen LogP contribution in [0.5, 0.6) is 0 Å². The fourth-order valence-electron chi connectivity index (χ4n) is 2.73. The number of rotatable bonds is 5. The Morgan fingerprint density at radius 2 is 1.90 bits per heavy atom. The average Bonchev–Trinajstić information content (AvgIpc) is 3.15. The Hall–Kier alpha value is -3.32. The molecule has 0 saturated heterocycles. The van der Waals surface area contributed by atoms with Crippen LogP contribution in [0.4, 0.5) is 20.9 Å². The third kappa shape index (κ3) is 4.75. The first-order valence-electron chi connectivity index (χ1n) is 8.90. The molecule has 2 aromatic carbocycles. The number of hydrogen-bond donors (Lipinski definition) is 0. The lowest BCUT2D eigenvalue weighted by Gasteiger charge is -2.18. The topological polar surface area (TPSA) is 53.5 Å². The quantitative estimate of drug-likeness (QED) is 0.560. The maximum atomic E-state index is 14.1. The van der Waals surface area contributed by atoms with Crippen LogP contribution in [0.15, 0.2) is 60.0 Å². The normalized spacial score (nSPS) is 10.9. The molecule has 5 nitrogen and oxygen atoms in total. The Morgan fingerprint density at radius 1 is 1.14 bits per heavy atom. The summed E-state index contributed by atoms with van der Waals surface area (Å²) in [4.78, 5) is 31.7. The minimum absolute atomic E-state index is 0.139. The van der Waals surface area contributed by atoms with Gasteiger partial charge in [-0.1, -0.05) is 24.3 Å². The van der Waals surface area contributed by atoms with E-state index in [2.05, 4.69) is 4.98 Å². The standard InChI is InChI=1S/C22H20FN3O2S/c1-15-7-6-8-18(13-15)25(3)21(28)12-11-17-14-29-22(24-17)26(16(2)27)20-10-5-4-9-19(20)23/h4-14H,1-3H3/b12-11+. The van der Waals surface area contributed by atoms with Gasteiger partial charge in [0.2, 0.25) is 5.91 Å². The second-order valence-electron chi connectivity index (χ2n) is 6.43. The molecule has 0 atom stereocenters. The third-order valence-corrected chi connectivity index (χ3v) is 5.07. The number of thiazole rings is 1. The van der Waals surface area contributed by atoms with Gasteiger partial charge in [0.25, 0.3) is 5.91 Å². The SMILES string of the molecule is CC(=O)N(c1nc(/C=C/C(=O)N(C)c2cccc(C)c2)cs1)c1ccccc1F. The molecule has 148 valence electrons. The van der Waals surface area contributed by atoms with Gasteiger partial charge in [-0.25, -0.2) is 9.37 Å². The number of nitrogens with zero attached hydrogens (tertiary/aromatic N) is 3. The summed E-state index contributed by atoms with van der Waals surface area (Å²) in [5.41, 5.74) is 2.51. The van der Waals surface area contributed by atoms with E-state index in [0.717, 1.165) is 11.3 Å². The molecule has 3 rings (SSSR count). The lowest BCUT2D eigenvalue weighted by molar-refractivity contribution is -0.116. The van der Waals surface area contributed by atoms with Crippen LogP contribution in [0.1, 0.15) is 18.2 Å². The highest BCUT2D eigenvalue weighted by Crippen LogP contribution is 2.31. The second-order valence-corrected chi connectivity index (χ2v) is 7.27. The smallest absolute Gasteiger partial charge is 0.250 e. The van der Waals surface area contributed by atoms with E-state index in [9.17, 15) is 14.0 Å². The first-order chi connectivity index (χ1) is 13.9. The van der Waals surface area contributed by atoms with E-state index in [1.54, 1.807) is 30.6 Å². The molecule has 0 spiro atoms. The van der Waals surface area contributed by atoms with E-state index in [0.29, 0.717) is 10.8 Å². The molecule has 1 heterocycles. The molecule has 0 saturated carbocycles. The number of aromatic nitrogens is 1. The third-order valence-electron chi connectivity index (χ3n) is 4.23. The number of carbonyl (C=O) groups is 2. The van der Waals surface area contributed by atoms with Gasteiger partial charge in [0.15, 0.2) is 5.13 Å². The van der Waals surface area contributed by atoms with Gasteiger partial charge in [0.05, 0.1) is 11.4 Å². The van der Waals surface area contributed by atoms with Crippen LogP contribution in [0.2, 0.25) is 0 Å². The van der Waals surface area contributed by atoms with Gasteiger partial charge in [-0.05, 0) is 42.8 Å². The van der Waals surface area contributed by atoms with Crippen LogP contribution in [-0.2, 0) is 9.59 Å². The molecular formula is C22H20FN3O2S. The van der Waals surface area contributed by atoms with Gasteiger partial charge < -0.3 is 4.90 Å². The number of anilines is 3. The molecule has 7 heteroatoms. The fraction of sp³-hybridized carbons (Fsp3) is 0.136. The Kier molecular flexibility index (Phi) is 6.19.